The molecule has 0 radical (unpaired) electrons. The maximum atomic E-state index is 12.6. The number of para-hydroxylation sites is 2. The molecule has 2 aromatic heterocycles. The summed E-state index contributed by atoms with van der Waals surface area (Å²) in [5, 5.41) is 4.18. The number of nitrogens with zero attached hydrogens (tertiary/aromatic N) is 3. The first-order valence-electron chi connectivity index (χ1n) is 6.02. The van der Waals surface area contributed by atoms with Gasteiger partial charge in [-0.25, -0.2) is 4.52 Å². The van der Waals surface area contributed by atoms with E-state index in [-0.39, 0.29) is 5.56 Å². The normalized spacial score (nSPS) is 10.9. The zero-order valence-corrected chi connectivity index (χ0v) is 12.6. The van der Waals surface area contributed by atoms with Crippen LogP contribution in [-0.2, 0) is 0 Å². The first-order valence-corrected chi connectivity index (χ1v) is 6.81. The highest BCUT2D eigenvalue weighted by Crippen LogP contribution is 2.22. The lowest BCUT2D eigenvalue weighted by Crippen LogP contribution is -2.22. The van der Waals surface area contributed by atoms with Crippen molar-refractivity contribution in [2.75, 3.05) is 7.11 Å². The van der Waals surface area contributed by atoms with Gasteiger partial charge >= 0.3 is 0 Å². The number of ether oxygens (including phenoxy) is 1. The topological polar surface area (TPSA) is 48.5 Å². The molecule has 3 rings (SSSR count). The van der Waals surface area contributed by atoms with Crippen molar-refractivity contribution < 1.29 is 4.74 Å². The van der Waals surface area contributed by atoms with Crippen molar-refractivity contribution in [2.24, 2.45) is 0 Å². The molecule has 0 spiro atoms. The van der Waals surface area contributed by atoms with Crippen LogP contribution in [0.5, 0.6) is 5.75 Å². The number of halogens is 1. The average Bonchev–Trinajstić information content (AvgIpc) is 2.85. The zero-order chi connectivity index (χ0) is 14.3. The van der Waals surface area contributed by atoms with Crippen molar-refractivity contribution in [1.29, 1.82) is 0 Å². The highest BCUT2D eigenvalue weighted by Gasteiger charge is 2.14. The fraction of sp³-hybridized carbons (Fsp3) is 0.143. The van der Waals surface area contributed by atoms with E-state index in [1.807, 2.05) is 31.2 Å². The fourth-order valence-electron chi connectivity index (χ4n) is 2.21. The van der Waals surface area contributed by atoms with Crippen molar-refractivity contribution in [3.8, 4) is 11.4 Å². The Morgan fingerprint density at radius 3 is 2.80 bits per heavy atom. The Morgan fingerprint density at radius 2 is 2.05 bits per heavy atom. The lowest BCUT2D eigenvalue weighted by molar-refractivity contribution is 0.412. The molecule has 0 unspecified atom stereocenters. The van der Waals surface area contributed by atoms with Gasteiger partial charge in [-0.15, -0.1) is 0 Å². The first kappa shape index (κ1) is 12.9. The second-order valence-corrected chi connectivity index (χ2v) is 5.22. The minimum atomic E-state index is -0.149. The van der Waals surface area contributed by atoms with Gasteiger partial charge in [-0.05, 0) is 35.0 Å². The summed E-state index contributed by atoms with van der Waals surface area (Å²) in [6.07, 6.45) is 3.38. The molecule has 0 saturated heterocycles. The maximum absolute atomic E-state index is 12.6. The standard InChI is InChI=1S/C14H12BrN3O2/c1-9-8-17(11-5-3-4-6-12(11)20-2)14(19)13-10(15)7-16-18(9)13/h3-8H,1-2H3. The van der Waals surface area contributed by atoms with Gasteiger partial charge in [0.1, 0.15) is 11.3 Å². The van der Waals surface area contributed by atoms with Crippen molar-refractivity contribution in [3.63, 3.8) is 0 Å². The molecule has 0 saturated carbocycles. The molecule has 0 atom stereocenters. The first-order chi connectivity index (χ1) is 9.63. The number of aryl methyl sites for hydroxylation is 1. The number of aromatic nitrogens is 3. The van der Waals surface area contributed by atoms with E-state index in [9.17, 15) is 4.79 Å². The van der Waals surface area contributed by atoms with Crippen LogP contribution in [0.4, 0.5) is 0 Å². The van der Waals surface area contributed by atoms with Gasteiger partial charge in [0.05, 0.1) is 29.2 Å². The van der Waals surface area contributed by atoms with Crippen LogP contribution in [0.1, 0.15) is 5.69 Å². The van der Waals surface area contributed by atoms with Gasteiger partial charge in [0, 0.05) is 6.20 Å². The highest BCUT2D eigenvalue weighted by atomic mass is 79.9. The van der Waals surface area contributed by atoms with Gasteiger partial charge in [0.15, 0.2) is 0 Å². The number of hydrogen-bond donors (Lipinski definition) is 0. The molecular weight excluding hydrogens is 322 g/mol. The monoisotopic (exact) mass is 333 g/mol. The molecule has 0 bridgehead atoms. The quantitative estimate of drug-likeness (QED) is 0.724. The van der Waals surface area contributed by atoms with Crippen molar-refractivity contribution >= 4 is 21.4 Å². The van der Waals surface area contributed by atoms with E-state index in [0.717, 1.165) is 5.69 Å². The summed E-state index contributed by atoms with van der Waals surface area (Å²) in [6, 6.07) is 7.41. The number of methoxy groups -OCH3 is 1. The third-order valence-corrected chi connectivity index (χ3v) is 3.72. The third-order valence-electron chi connectivity index (χ3n) is 3.14. The Kier molecular flexibility index (Phi) is 3.10. The van der Waals surface area contributed by atoms with Gasteiger partial charge < -0.3 is 4.74 Å². The van der Waals surface area contributed by atoms with Crippen LogP contribution in [0, 0.1) is 6.92 Å². The van der Waals surface area contributed by atoms with E-state index in [0.29, 0.717) is 21.4 Å². The Balaban J connectivity index is 2.40. The molecule has 0 amide bonds. The molecular formula is C14H12BrN3O2. The summed E-state index contributed by atoms with van der Waals surface area (Å²) in [7, 11) is 1.59. The molecule has 0 aliphatic heterocycles. The lowest BCUT2D eigenvalue weighted by Gasteiger charge is -2.12. The molecule has 5 nitrogen and oxygen atoms in total. The molecule has 0 fully saturated rings. The maximum Gasteiger partial charge on any atom is 0.282 e. The second-order valence-electron chi connectivity index (χ2n) is 4.37. The summed E-state index contributed by atoms with van der Waals surface area (Å²) in [5.74, 6) is 0.647. The smallest absolute Gasteiger partial charge is 0.282 e. The van der Waals surface area contributed by atoms with Crippen molar-refractivity contribution in [1.82, 2.24) is 14.2 Å². The summed E-state index contributed by atoms with van der Waals surface area (Å²) in [6.45, 7) is 1.90. The van der Waals surface area contributed by atoms with Crippen molar-refractivity contribution in [3.05, 3.63) is 57.2 Å². The summed E-state index contributed by atoms with van der Waals surface area (Å²) in [4.78, 5) is 12.6. The lowest BCUT2D eigenvalue weighted by atomic mass is 10.3. The zero-order valence-electron chi connectivity index (χ0n) is 11.0. The van der Waals surface area contributed by atoms with Crippen LogP contribution in [0.2, 0.25) is 0 Å². The number of fused-ring (bicyclic) bond motifs is 1. The predicted octanol–water partition coefficient (Wildman–Crippen LogP) is 2.56. The number of hydrogen-bond acceptors (Lipinski definition) is 3. The van der Waals surface area contributed by atoms with E-state index in [1.54, 1.807) is 28.6 Å². The molecule has 0 N–H and O–H groups in total. The summed E-state index contributed by atoms with van der Waals surface area (Å²) >= 11 is 3.37. The molecule has 1 aromatic carbocycles. The summed E-state index contributed by atoms with van der Waals surface area (Å²) in [5.41, 5.74) is 1.93. The molecule has 2 heterocycles. The minimum absolute atomic E-state index is 0.149. The number of rotatable bonds is 2. The Morgan fingerprint density at radius 1 is 1.30 bits per heavy atom. The average molecular weight is 334 g/mol. The van der Waals surface area contributed by atoms with Crippen molar-refractivity contribution in [2.45, 2.75) is 6.92 Å². The van der Waals surface area contributed by atoms with E-state index >= 15 is 0 Å². The molecule has 6 heteroatoms. The predicted molar refractivity (Wildman–Crippen MR) is 79.8 cm³/mol. The van der Waals surface area contributed by atoms with Crippen LogP contribution in [-0.4, -0.2) is 21.3 Å². The minimum Gasteiger partial charge on any atom is -0.495 e. The Labute approximate surface area is 123 Å². The van der Waals surface area contributed by atoms with Crippen LogP contribution < -0.4 is 10.3 Å². The van der Waals surface area contributed by atoms with Crippen LogP contribution >= 0.6 is 15.9 Å². The van der Waals surface area contributed by atoms with Gasteiger partial charge in [-0.1, -0.05) is 12.1 Å². The fourth-order valence-corrected chi connectivity index (χ4v) is 2.64. The summed E-state index contributed by atoms with van der Waals surface area (Å²) < 4.78 is 9.20. The van der Waals surface area contributed by atoms with E-state index in [4.69, 9.17) is 4.74 Å². The van der Waals surface area contributed by atoms with Gasteiger partial charge in [0.25, 0.3) is 5.56 Å². The van der Waals surface area contributed by atoms with Crippen LogP contribution in [0.25, 0.3) is 11.2 Å². The van der Waals surface area contributed by atoms with E-state index < -0.39 is 0 Å². The third kappa shape index (κ3) is 1.84. The molecule has 20 heavy (non-hydrogen) atoms. The second kappa shape index (κ2) is 4.79. The Hall–Kier alpha value is -2.08. The molecule has 102 valence electrons. The van der Waals surface area contributed by atoms with Gasteiger partial charge in [-0.2, -0.15) is 5.10 Å². The largest absolute Gasteiger partial charge is 0.495 e. The highest BCUT2D eigenvalue weighted by molar-refractivity contribution is 9.10. The molecule has 0 aliphatic carbocycles. The van der Waals surface area contributed by atoms with Crippen LogP contribution in [0.3, 0.4) is 0 Å². The number of benzene rings is 1. The molecule has 0 aliphatic rings. The van der Waals surface area contributed by atoms with E-state index in [2.05, 4.69) is 21.0 Å². The van der Waals surface area contributed by atoms with E-state index in [1.165, 1.54) is 0 Å². The SMILES string of the molecule is COc1ccccc1-n1cc(C)n2ncc(Br)c2c1=O. The molecule has 3 aromatic rings. The van der Waals surface area contributed by atoms with Gasteiger partial charge in [-0.3, -0.25) is 9.36 Å². The van der Waals surface area contributed by atoms with Gasteiger partial charge in [0.2, 0.25) is 0 Å². The van der Waals surface area contributed by atoms with Crippen LogP contribution in [0.15, 0.2) is 45.9 Å². The Bertz CT molecular complexity index is 851.